The van der Waals surface area contributed by atoms with E-state index in [2.05, 4.69) is 9.03 Å². The molecule has 1 atom stereocenters. The highest BCUT2D eigenvalue weighted by molar-refractivity contribution is 7.80. The minimum Gasteiger partial charge on any atom is -0.178 e. The molecule has 0 radical (unpaired) electrons. The van der Waals surface area contributed by atoms with Crippen LogP contribution in [0.25, 0.3) is 0 Å². The van der Waals surface area contributed by atoms with Crippen LogP contribution in [0.5, 0.6) is 0 Å². The average Bonchev–Trinajstić information content (AvgIpc) is 1.75. The van der Waals surface area contributed by atoms with Gasteiger partial charge in [-0.05, 0) is 6.92 Å². The van der Waals surface area contributed by atoms with Crippen LogP contribution in [0.3, 0.4) is 0 Å². The van der Waals surface area contributed by atoms with Crippen LogP contribution in [0, 0.1) is 0 Å². The first-order valence-corrected chi connectivity index (χ1v) is 7.82. The summed E-state index contributed by atoms with van der Waals surface area (Å²) in [5, 5.41) is 0. The van der Waals surface area contributed by atoms with Crippen molar-refractivity contribution in [2.24, 2.45) is 13.5 Å². The lowest BCUT2D eigenvalue weighted by Crippen LogP contribution is -1.70. The molecule has 0 saturated heterocycles. The third-order valence-electron chi connectivity index (χ3n) is 1.02. The highest BCUT2D eigenvalue weighted by Crippen LogP contribution is 2.81. The molecule has 1 heterocycles. The molecule has 0 bridgehead atoms. The summed E-state index contributed by atoms with van der Waals surface area (Å²) >= 11 is 0. The van der Waals surface area contributed by atoms with Crippen LogP contribution in [-0.4, -0.2) is 0 Å². The van der Waals surface area contributed by atoms with E-state index in [1.54, 1.807) is 0 Å². The first-order chi connectivity index (χ1) is 6.18. The largest absolute Gasteiger partial charge is 0.423 e. The molecular formula is C3H5F5N3P3. The van der Waals surface area contributed by atoms with Gasteiger partial charge in [-0.3, -0.25) is 0 Å². The molecule has 0 N–H and O–H groups in total. The molecule has 0 fully saturated rings. The van der Waals surface area contributed by atoms with Crippen molar-refractivity contribution in [3.05, 3.63) is 11.9 Å². The Balaban J connectivity index is 3.48. The molecule has 0 aliphatic carbocycles. The molecule has 0 spiro atoms. The molecule has 0 aromatic carbocycles. The topological polar surface area (TPSA) is 37.1 Å². The van der Waals surface area contributed by atoms with Crippen molar-refractivity contribution in [2.45, 2.75) is 6.92 Å². The SMILES string of the molecule is CC=CP1(F)=NP(F)(F)=NP(F)(F)=N1. The van der Waals surface area contributed by atoms with E-state index in [4.69, 9.17) is 0 Å². The number of hydrogen-bond donors (Lipinski definition) is 0. The van der Waals surface area contributed by atoms with E-state index in [-0.39, 0.29) is 0 Å². The van der Waals surface area contributed by atoms with Crippen molar-refractivity contribution in [3.8, 4) is 0 Å². The highest BCUT2D eigenvalue weighted by Gasteiger charge is 2.37. The van der Waals surface area contributed by atoms with Gasteiger partial charge in [0.15, 0.2) is 0 Å². The summed E-state index contributed by atoms with van der Waals surface area (Å²) < 4.78 is 70.1. The fourth-order valence-corrected chi connectivity index (χ4v) is 6.44. The zero-order valence-electron chi connectivity index (χ0n) is 6.73. The van der Waals surface area contributed by atoms with Crippen LogP contribution >= 0.6 is 23.2 Å². The predicted molar refractivity (Wildman–Crippen MR) is 48.4 cm³/mol. The van der Waals surface area contributed by atoms with E-state index in [1.807, 2.05) is 4.52 Å². The van der Waals surface area contributed by atoms with Gasteiger partial charge in [-0.25, -0.2) is 0 Å². The fraction of sp³-hybridized carbons (Fsp3) is 0.333. The van der Waals surface area contributed by atoms with Crippen LogP contribution in [-0.2, 0) is 0 Å². The van der Waals surface area contributed by atoms with Gasteiger partial charge in [0.05, 0.1) is 0 Å². The Morgan fingerprint density at radius 1 is 0.857 bits per heavy atom. The molecule has 0 saturated carbocycles. The normalized spacial score (nSPS) is 34.4. The number of allylic oxidation sites excluding steroid dienone is 1. The van der Waals surface area contributed by atoms with Crippen LogP contribution in [0.1, 0.15) is 6.92 Å². The molecule has 1 rings (SSSR count). The monoisotopic (exact) mass is 271 g/mol. The summed E-state index contributed by atoms with van der Waals surface area (Å²) in [4.78, 5) is 0. The zero-order chi connectivity index (χ0) is 11.0. The third-order valence-corrected chi connectivity index (χ3v) is 7.15. The van der Waals surface area contributed by atoms with Gasteiger partial charge < -0.3 is 0 Å². The molecule has 3 nitrogen and oxygen atoms in total. The summed E-state index contributed by atoms with van der Waals surface area (Å²) in [7, 11) is -15.6. The lowest BCUT2D eigenvalue weighted by molar-refractivity contribution is 0.697. The van der Waals surface area contributed by atoms with Crippen LogP contribution in [0.4, 0.5) is 21.0 Å². The average molecular weight is 271 g/mol. The van der Waals surface area contributed by atoms with E-state index in [1.165, 1.54) is 6.92 Å². The minimum absolute atomic E-state index is 0.559. The number of rotatable bonds is 1. The minimum atomic E-state index is -5.53. The highest BCUT2D eigenvalue weighted by atomic mass is 31.3. The molecule has 0 aromatic rings. The Bertz CT molecular complexity index is 419. The van der Waals surface area contributed by atoms with Crippen LogP contribution in [0.2, 0.25) is 0 Å². The zero-order valence-corrected chi connectivity index (χ0v) is 9.41. The molecule has 1 aliphatic rings. The summed E-state index contributed by atoms with van der Waals surface area (Å²) in [6.45, 7) is 1.31. The first kappa shape index (κ1) is 12.2. The van der Waals surface area contributed by atoms with E-state index in [0.29, 0.717) is 5.82 Å². The molecule has 82 valence electrons. The predicted octanol–water partition coefficient (Wildman–Crippen LogP) is 6.30. The second-order valence-electron chi connectivity index (χ2n) is 2.23. The maximum atomic E-state index is 13.3. The maximum absolute atomic E-state index is 13.3. The lowest BCUT2D eigenvalue weighted by Gasteiger charge is -2.13. The van der Waals surface area contributed by atoms with E-state index in [9.17, 15) is 21.0 Å². The van der Waals surface area contributed by atoms with Gasteiger partial charge in [-0.15, -0.1) is 21.3 Å². The van der Waals surface area contributed by atoms with E-state index in [0.717, 1.165) is 6.08 Å². The Labute approximate surface area is 77.4 Å². The summed E-state index contributed by atoms with van der Waals surface area (Å²) in [5.41, 5.74) is 0. The quantitative estimate of drug-likeness (QED) is 0.396. The molecule has 11 heteroatoms. The summed E-state index contributed by atoms with van der Waals surface area (Å²) in [6, 6.07) is 0. The van der Waals surface area contributed by atoms with Crippen molar-refractivity contribution >= 4 is 23.2 Å². The molecule has 0 aromatic heterocycles. The van der Waals surface area contributed by atoms with Gasteiger partial charge in [0.2, 0.25) is 0 Å². The van der Waals surface area contributed by atoms with Crippen LogP contribution in [0.15, 0.2) is 25.4 Å². The fourth-order valence-electron chi connectivity index (χ4n) is 0.734. The lowest BCUT2D eigenvalue weighted by atomic mass is 10.8. The van der Waals surface area contributed by atoms with Gasteiger partial charge in [0, 0.05) is 5.82 Å². The van der Waals surface area contributed by atoms with Crippen molar-refractivity contribution in [2.75, 3.05) is 0 Å². The van der Waals surface area contributed by atoms with Gasteiger partial charge in [-0.1, -0.05) is 6.08 Å². The van der Waals surface area contributed by atoms with Crippen molar-refractivity contribution in [3.63, 3.8) is 0 Å². The number of hydrogen-bond acceptors (Lipinski definition) is 3. The van der Waals surface area contributed by atoms with Crippen molar-refractivity contribution < 1.29 is 21.0 Å². The molecule has 1 aliphatic heterocycles. The Kier molecular flexibility index (Phi) is 3.11. The first-order valence-electron chi connectivity index (χ1n) is 3.21. The molecular weight excluding hydrogens is 266 g/mol. The van der Waals surface area contributed by atoms with Crippen molar-refractivity contribution in [1.29, 1.82) is 0 Å². The second kappa shape index (κ2) is 3.58. The molecule has 0 amide bonds. The van der Waals surface area contributed by atoms with Gasteiger partial charge in [0.25, 0.3) is 7.52 Å². The number of halogens is 5. The molecule has 14 heavy (non-hydrogen) atoms. The second-order valence-corrected chi connectivity index (χ2v) is 7.64. The standard InChI is InChI=1S/C3H5F5N3P3/c1-2-3-12(4)9-13(5,6)11-14(7,8)10-12/h2-3H,1H3. The maximum Gasteiger partial charge on any atom is 0.423 e. The Morgan fingerprint density at radius 3 is 1.79 bits per heavy atom. The van der Waals surface area contributed by atoms with Gasteiger partial charge in [-0.2, -0.15) is 13.2 Å². The van der Waals surface area contributed by atoms with Gasteiger partial charge >= 0.3 is 15.7 Å². The summed E-state index contributed by atoms with van der Waals surface area (Å²) in [6.07, 6.45) is 1.03. The van der Waals surface area contributed by atoms with E-state index >= 15 is 0 Å². The van der Waals surface area contributed by atoms with Crippen LogP contribution < -0.4 is 0 Å². The van der Waals surface area contributed by atoms with E-state index < -0.39 is 23.2 Å². The third kappa shape index (κ3) is 3.04. The Morgan fingerprint density at radius 2 is 1.36 bits per heavy atom. The Hall–Kier alpha value is 0.0800. The summed E-state index contributed by atoms with van der Waals surface area (Å²) in [5.74, 6) is 0.559. The van der Waals surface area contributed by atoms with Crippen molar-refractivity contribution in [1.82, 2.24) is 0 Å². The van der Waals surface area contributed by atoms with Gasteiger partial charge in [0.1, 0.15) is 0 Å². The molecule has 1 unspecified atom stereocenters. The smallest absolute Gasteiger partial charge is 0.178 e. The number of nitrogens with zero attached hydrogens (tertiary/aromatic N) is 3.